The minimum atomic E-state index is 0.0330. The SMILES string of the molecule is Brc1ccc2c(n1)CCCC2.Ic1ccc2c(n1)CCCC2.N#CCCC1CCCCC1=O.O=c1ccc2c([nH]1)CCCC2. The smallest absolute Gasteiger partial charge is 0.248 e. The van der Waals surface area contributed by atoms with Crippen molar-refractivity contribution in [2.24, 2.45) is 5.92 Å². The molecule has 234 valence electrons. The van der Waals surface area contributed by atoms with Gasteiger partial charge >= 0.3 is 0 Å². The van der Waals surface area contributed by atoms with Gasteiger partial charge in [-0.05, 0) is 164 Å². The van der Waals surface area contributed by atoms with E-state index in [-0.39, 0.29) is 11.5 Å². The number of pyridine rings is 3. The second kappa shape index (κ2) is 18.6. The van der Waals surface area contributed by atoms with Crippen molar-refractivity contribution < 1.29 is 4.79 Å². The number of ketones is 1. The summed E-state index contributed by atoms with van der Waals surface area (Å²) in [6.07, 6.45) is 20.1. The molecule has 1 saturated carbocycles. The molecule has 1 N–H and O–H groups in total. The molecule has 44 heavy (non-hydrogen) atoms. The Balaban J connectivity index is 0.000000134. The van der Waals surface area contributed by atoms with Crippen LogP contribution in [0.1, 0.15) is 111 Å². The van der Waals surface area contributed by atoms with Crippen molar-refractivity contribution >= 4 is 44.3 Å². The average Bonchev–Trinajstić information content (AvgIpc) is 3.05. The van der Waals surface area contributed by atoms with E-state index in [0.29, 0.717) is 12.2 Å². The van der Waals surface area contributed by atoms with Crippen molar-refractivity contribution in [2.45, 2.75) is 116 Å². The summed E-state index contributed by atoms with van der Waals surface area (Å²) < 4.78 is 2.10. The second-order valence-corrected chi connectivity index (χ2v) is 14.0. The van der Waals surface area contributed by atoms with Crippen LogP contribution in [0.3, 0.4) is 0 Å². The Morgan fingerprint density at radius 1 is 0.750 bits per heavy atom. The van der Waals surface area contributed by atoms with Crippen LogP contribution >= 0.6 is 38.5 Å². The largest absolute Gasteiger partial charge is 0.326 e. The van der Waals surface area contributed by atoms with Gasteiger partial charge in [0.2, 0.25) is 5.56 Å². The van der Waals surface area contributed by atoms with Gasteiger partial charge in [0.15, 0.2) is 0 Å². The molecule has 0 radical (unpaired) electrons. The highest BCUT2D eigenvalue weighted by atomic mass is 127. The van der Waals surface area contributed by atoms with Gasteiger partial charge in [-0.15, -0.1) is 0 Å². The van der Waals surface area contributed by atoms with Crippen LogP contribution in [-0.4, -0.2) is 20.7 Å². The fourth-order valence-electron chi connectivity index (χ4n) is 6.33. The number of rotatable bonds is 2. The number of Topliss-reactive ketones (excluding diaryl/α,β-unsaturated/α-hetero) is 1. The number of nitriles is 1. The number of carbonyl (C=O) groups excluding carboxylic acids is 1. The molecule has 0 bridgehead atoms. The van der Waals surface area contributed by atoms with E-state index in [4.69, 9.17) is 5.26 Å². The lowest BCUT2D eigenvalue weighted by molar-refractivity contribution is -0.124. The van der Waals surface area contributed by atoms with Gasteiger partial charge in [0.25, 0.3) is 0 Å². The van der Waals surface area contributed by atoms with Crippen molar-refractivity contribution in [1.82, 2.24) is 15.0 Å². The van der Waals surface area contributed by atoms with Crippen LogP contribution in [0.5, 0.6) is 0 Å². The molecule has 0 spiro atoms. The van der Waals surface area contributed by atoms with E-state index >= 15 is 0 Å². The molecule has 4 aliphatic carbocycles. The first kappa shape index (κ1) is 34.5. The lowest BCUT2D eigenvalue weighted by Gasteiger charge is -2.18. The maximum absolute atomic E-state index is 11.2. The van der Waals surface area contributed by atoms with Crippen LogP contribution in [0, 0.1) is 20.9 Å². The molecule has 4 aliphatic rings. The quantitative estimate of drug-likeness (QED) is 0.208. The molecule has 8 heteroatoms. The van der Waals surface area contributed by atoms with Gasteiger partial charge < -0.3 is 4.98 Å². The average molecular weight is 772 g/mol. The number of halogens is 2. The normalized spacial score (nSPS) is 18.2. The molecular weight excluding hydrogens is 727 g/mol. The monoisotopic (exact) mass is 770 g/mol. The standard InChI is InChI=1S/C9H10BrN.C9H10IN.C9H11NO.C9H13NO/c2*10-9-6-5-7-3-1-2-4-8(7)11-9;11-9-6-5-7-3-1-2-4-8(7)10-9;10-7-3-5-8-4-1-2-6-9(8)11/h2*5-6H,1-4H2;5-6H,1-4H2,(H,10,11);8H,1-6H2. The first-order chi connectivity index (χ1) is 21.4. The molecule has 7 rings (SSSR count). The van der Waals surface area contributed by atoms with Crippen molar-refractivity contribution in [3.05, 3.63) is 88.8 Å². The summed E-state index contributed by atoms with van der Waals surface area (Å²) in [6, 6.07) is 14.2. The maximum atomic E-state index is 11.2. The summed E-state index contributed by atoms with van der Waals surface area (Å²) in [5.41, 5.74) is 8.06. The lowest BCUT2D eigenvalue weighted by atomic mass is 9.85. The molecule has 3 aromatic heterocycles. The third-order valence-electron chi connectivity index (χ3n) is 8.79. The van der Waals surface area contributed by atoms with Crippen LogP contribution < -0.4 is 5.56 Å². The summed E-state index contributed by atoms with van der Waals surface area (Å²) in [5, 5.41) is 8.32. The third-order valence-corrected chi connectivity index (χ3v) is 9.84. The number of aromatic nitrogens is 3. The number of nitrogens with zero attached hydrogens (tertiary/aromatic N) is 3. The Kier molecular flexibility index (Phi) is 14.5. The summed E-state index contributed by atoms with van der Waals surface area (Å²) >= 11 is 5.65. The van der Waals surface area contributed by atoms with Gasteiger partial charge in [-0.25, -0.2) is 9.97 Å². The predicted molar refractivity (Wildman–Crippen MR) is 188 cm³/mol. The van der Waals surface area contributed by atoms with Crippen molar-refractivity contribution in [3.8, 4) is 6.07 Å². The second-order valence-electron chi connectivity index (χ2n) is 12.0. The van der Waals surface area contributed by atoms with Crippen LogP contribution in [0.15, 0.2) is 45.8 Å². The molecule has 3 aromatic rings. The zero-order valence-electron chi connectivity index (χ0n) is 25.7. The predicted octanol–water partition coefficient (Wildman–Crippen LogP) is 8.59. The number of H-pyrrole nitrogens is 1. The number of aryl methyl sites for hydroxylation is 6. The minimum absolute atomic E-state index is 0.0330. The van der Waals surface area contributed by atoms with E-state index in [1.54, 1.807) is 6.07 Å². The molecule has 0 aromatic carbocycles. The minimum Gasteiger partial charge on any atom is -0.326 e. The highest BCUT2D eigenvalue weighted by Gasteiger charge is 2.21. The zero-order valence-corrected chi connectivity index (χ0v) is 29.4. The summed E-state index contributed by atoms with van der Waals surface area (Å²) in [6.45, 7) is 0. The highest BCUT2D eigenvalue weighted by Crippen LogP contribution is 2.24. The van der Waals surface area contributed by atoms with Crippen LogP contribution in [0.25, 0.3) is 0 Å². The topological polar surface area (TPSA) is 99.5 Å². The van der Waals surface area contributed by atoms with Crippen molar-refractivity contribution in [2.75, 3.05) is 0 Å². The maximum Gasteiger partial charge on any atom is 0.248 e. The Bertz CT molecular complexity index is 1420. The summed E-state index contributed by atoms with van der Waals surface area (Å²) in [7, 11) is 0. The van der Waals surface area contributed by atoms with Gasteiger partial charge in [0, 0.05) is 41.9 Å². The van der Waals surface area contributed by atoms with Crippen LogP contribution in [-0.2, 0) is 43.3 Å². The molecule has 6 nitrogen and oxygen atoms in total. The number of aromatic amines is 1. The number of hydrogen-bond donors (Lipinski definition) is 1. The van der Waals surface area contributed by atoms with E-state index in [1.807, 2.05) is 12.1 Å². The molecule has 0 saturated heterocycles. The van der Waals surface area contributed by atoms with E-state index in [1.165, 1.54) is 92.3 Å². The van der Waals surface area contributed by atoms with Crippen LogP contribution in [0.2, 0.25) is 0 Å². The fourth-order valence-corrected chi connectivity index (χ4v) is 7.15. The van der Waals surface area contributed by atoms with Gasteiger partial charge in [-0.2, -0.15) is 5.26 Å². The Labute approximate surface area is 284 Å². The first-order valence-corrected chi connectivity index (χ1v) is 18.2. The van der Waals surface area contributed by atoms with Gasteiger partial charge in [0.1, 0.15) is 14.1 Å². The molecule has 0 amide bonds. The van der Waals surface area contributed by atoms with E-state index in [2.05, 4.69) is 77.7 Å². The van der Waals surface area contributed by atoms with E-state index in [9.17, 15) is 9.59 Å². The molecule has 1 fully saturated rings. The Morgan fingerprint density at radius 2 is 1.34 bits per heavy atom. The third kappa shape index (κ3) is 11.2. The Morgan fingerprint density at radius 3 is 2.05 bits per heavy atom. The number of hydrogen-bond acceptors (Lipinski definition) is 5. The first-order valence-electron chi connectivity index (χ1n) is 16.3. The van der Waals surface area contributed by atoms with E-state index < -0.39 is 0 Å². The van der Waals surface area contributed by atoms with Crippen LogP contribution in [0.4, 0.5) is 0 Å². The van der Waals surface area contributed by atoms with Crippen molar-refractivity contribution in [1.29, 1.82) is 5.26 Å². The highest BCUT2D eigenvalue weighted by molar-refractivity contribution is 14.1. The molecule has 1 unspecified atom stereocenters. The summed E-state index contributed by atoms with van der Waals surface area (Å²) in [4.78, 5) is 33.9. The van der Waals surface area contributed by atoms with Crippen molar-refractivity contribution in [3.63, 3.8) is 0 Å². The molecule has 0 aliphatic heterocycles. The van der Waals surface area contributed by atoms with E-state index in [0.717, 1.165) is 58.9 Å². The van der Waals surface area contributed by atoms with Gasteiger partial charge in [-0.1, -0.05) is 24.6 Å². The molecule has 1 atom stereocenters. The number of fused-ring (bicyclic) bond motifs is 3. The molecule has 3 heterocycles. The zero-order chi connectivity index (χ0) is 31.1. The lowest BCUT2D eigenvalue weighted by Crippen LogP contribution is -2.18. The molecular formula is C36H44BrIN4O2. The number of carbonyl (C=O) groups is 1. The summed E-state index contributed by atoms with van der Waals surface area (Å²) in [5.74, 6) is 0.592. The fraction of sp³-hybridized carbons (Fsp3) is 0.528. The van der Waals surface area contributed by atoms with Gasteiger partial charge in [0.05, 0.1) is 6.07 Å². The van der Waals surface area contributed by atoms with Gasteiger partial charge in [-0.3, -0.25) is 9.59 Å². The Hall–Kier alpha value is -2.38. The number of nitrogens with one attached hydrogen (secondary N) is 1.